The van der Waals surface area contributed by atoms with Crippen LogP contribution in [-0.2, 0) is 16.6 Å². The zero-order valence-electron chi connectivity index (χ0n) is 13.4. The van der Waals surface area contributed by atoms with E-state index in [1.807, 2.05) is 6.07 Å². The first-order chi connectivity index (χ1) is 11.9. The number of hydrogen-bond donors (Lipinski definition) is 1. The maximum absolute atomic E-state index is 13.3. The van der Waals surface area contributed by atoms with Crippen molar-refractivity contribution in [3.8, 4) is 0 Å². The Morgan fingerprint density at radius 3 is 2.44 bits per heavy atom. The minimum Gasteiger partial charge on any atom is -0.329 e. The molecule has 1 fully saturated rings. The lowest BCUT2D eigenvalue weighted by molar-refractivity contribution is -0.917. The van der Waals surface area contributed by atoms with Crippen molar-refractivity contribution in [3.63, 3.8) is 0 Å². The summed E-state index contributed by atoms with van der Waals surface area (Å²) in [7, 11) is -3.70. The number of piperazine rings is 1. The Hall–Kier alpha value is -1.54. The summed E-state index contributed by atoms with van der Waals surface area (Å²) < 4.78 is 53.2. The topological polar surface area (TPSA) is 41.8 Å². The lowest BCUT2D eigenvalue weighted by atomic mass is 10.2. The molecule has 0 unspecified atom stereocenters. The van der Waals surface area contributed by atoms with Crippen molar-refractivity contribution < 1.29 is 22.1 Å². The summed E-state index contributed by atoms with van der Waals surface area (Å²) in [4.78, 5) is 1.18. The molecule has 3 rings (SSSR count). The van der Waals surface area contributed by atoms with Crippen molar-refractivity contribution in [2.24, 2.45) is 0 Å². The summed E-state index contributed by atoms with van der Waals surface area (Å²) in [5, 5.41) is -0.212. The second kappa shape index (κ2) is 7.37. The Kier molecular flexibility index (Phi) is 5.38. The van der Waals surface area contributed by atoms with Gasteiger partial charge in [0.15, 0.2) is 0 Å². The van der Waals surface area contributed by atoms with Crippen LogP contribution < -0.4 is 4.90 Å². The summed E-state index contributed by atoms with van der Waals surface area (Å²) in [6, 6.07) is 9.85. The van der Waals surface area contributed by atoms with E-state index in [2.05, 4.69) is 0 Å². The van der Waals surface area contributed by atoms with E-state index in [0.717, 1.165) is 17.7 Å². The number of quaternary nitrogens is 1. The molecule has 0 amide bonds. The maximum Gasteiger partial charge on any atom is 0.243 e. The van der Waals surface area contributed by atoms with E-state index in [4.69, 9.17) is 11.6 Å². The number of nitrogens with one attached hydrogen (secondary N) is 1. The van der Waals surface area contributed by atoms with Gasteiger partial charge in [0.2, 0.25) is 10.0 Å². The zero-order chi connectivity index (χ0) is 18.0. The first kappa shape index (κ1) is 18.3. The van der Waals surface area contributed by atoms with Crippen molar-refractivity contribution in [1.82, 2.24) is 4.31 Å². The van der Waals surface area contributed by atoms with E-state index < -0.39 is 15.8 Å². The third-order valence-electron chi connectivity index (χ3n) is 4.30. The van der Waals surface area contributed by atoms with Gasteiger partial charge in [0.1, 0.15) is 18.2 Å². The van der Waals surface area contributed by atoms with Crippen molar-refractivity contribution >= 4 is 21.6 Å². The van der Waals surface area contributed by atoms with Crippen LogP contribution in [0.15, 0.2) is 47.4 Å². The number of benzene rings is 2. The minimum atomic E-state index is -3.70. The van der Waals surface area contributed by atoms with Crippen LogP contribution in [0.25, 0.3) is 0 Å². The van der Waals surface area contributed by atoms with Crippen LogP contribution in [0, 0.1) is 11.6 Å². The van der Waals surface area contributed by atoms with E-state index in [1.54, 1.807) is 6.07 Å². The molecule has 0 atom stereocenters. The molecule has 1 heterocycles. The van der Waals surface area contributed by atoms with Crippen LogP contribution in [0.2, 0.25) is 5.02 Å². The number of sulfonamides is 1. The first-order valence-corrected chi connectivity index (χ1v) is 9.71. The molecular weight excluding hydrogens is 370 g/mol. The summed E-state index contributed by atoms with van der Waals surface area (Å²) in [5.74, 6) is -0.920. The SMILES string of the molecule is O=S(=O)(c1ccc(F)c(Cl)c1)N1CC[NH+](Cc2cccc(F)c2)CC1. The molecule has 0 bridgehead atoms. The number of halogens is 3. The Labute approximate surface area is 150 Å². The van der Waals surface area contributed by atoms with Gasteiger partial charge in [0, 0.05) is 5.56 Å². The lowest BCUT2D eigenvalue weighted by Gasteiger charge is -2.31. The molecule has 1 N–H and O–H groups in total. The second-order valence-corrected chi connectivity index (χ2v) is 8.38. The first-order valence-electron chi connectivity index (χ1n) is 7.89. The number of hydrogen-bond acceptors (Lipinski definition) is 2. The Balaban J connectivity index is 1.66. The standard InChI is InChI=1S/C17H17ClF2N2O2S/c18-16-11-15(4-5-17(16)20)25(23,24)22-8-6-21(7-9-22)12-13-2-1-3-14(19)10-13/h1-5,10-11H,6-9,12H2/p+1. The molecule has 134 valence electrons. The van der Waals surface area contributed by atoms with Crippen molar-refractivity contribution in [2.45, 2.75) is 11.4 Å². The molecule has 0 spiro atoms. The van der Waals surface area contributed by atoms with Gasteiger partial charge >= 0.3 is 0 Å². The second-order valence-electron chi connectivity index (χ2n) is 6.04. The highest BCUT2D eigenvalue weighted by atomic mass is 35.5. The predicted molar refractivity (Wildman–Crippen MR) is 91.0 cm³/mol. The van der Waals surface area contributed by atoms with Crippen molar-refractivity contribution in [3.05, 3.63) is 64.7 Å². The van der Waals surface area contributed by atoms with E-state index in [-0.39, 0.29) is 15.7 Å². The molecule has 25 heavy (non-hydrogen) atoms. The Morgan fingerprint density at radius 2 is 1.80 bits per heavy atom. The van der Waals surface area contributed by atoms with Gasteiger partial charge in [0.05, 0.1) is 36.1 Å². The van der Waals surface area contributed by atoms with Crippen LogP contribution in [0.1, 0.15) is 5.56 Å². The summed E-state index contributed by atoms with van der Waals surface area (Å²) in [5.41, 5.74) is 0.886. The van der Waals surface area contributed by atoms with E-state index in [9.17, 15) is 17.2 Å². The van der Waals surface area contributed by atoms with Crippen LogP contribution in [0.5, 0.6) is 0 Å². The molecule has 0 aliphatic carbocycles. The van der Waals surface area contributed by atoms with Gasteiger partial charge in [-0.15, -0.1) is 0 Å². The van der Waals surface area contributed by atoms with Gasteiger partial charge in [-0.05, 0) is 30.3 Å². The fraction of sp³-hybridized carbons (Fsp3) is 0.294. The van der Waals surface area contributed by atoms with Crippen molar-refractivity contribution in [2.75, 3.05) is 26.2 Å². The highest BCUT2D eigenvalue weighted by Crippen LogP contribution is 2.22. The smallest absolute Gasteiger partial charge is 0.243 e. The van der Waals surface area contributed by atoms with Gasteiger partial charge in [-0.1, -0.05) is 23.7 Å². The maximum atomic E-state index is 13.3. The predicted octanol–water partition coefficient (Wildman–Crippen LogP) is 1.71. The molecule has 1 saturated heterocycles. The fourth-order valence-electron chi connectivity index (χ4n) is 2.94. The van der Waals surface area contributed by atoms with Crippen LogP contribution >= 0.6 is 11.6 Å². The lowest BCUT2D eigenvalue weighted by Crippen LogP contribution is -3.13. The summed E-state index contributed by atoms with van der Waals surface area (Å²) in [6.45, 7) is 2.58. The third kappa shape index (κ3) is 4.17. The van der Waals surface area contributed by atoms with Crippen LogP contribution in [0.3, 0.4) is 0 Å². The number of nitrogens with zero attached hydrogens (tertiary/aromatic N) is 1. The largest absolute Gasteiger partial charge is 0.329 e. The van der Waals surface area contributed by atoms with Gasteiger partial charge in [-0.25, -0.2) is 17.2 Å². The minimum absolute atomic E-state index is 0.00696. The van der Waals surface area contributed by atoms with Gasteiger partial charge in [-0.3, -0.25) is 0 Å². The fourth-order valence-corrected chi connectivity index (χ4v) is 4.66. The average molecular weight is 388 g/mol. The average Bonchev–Trinajstić information content (AvgIpc) is 2.58. The molecule has 2 aromatic carbocycles. The monoisotopic (exact) mass is 387 g/mol. The van der Waals surface area contributed by atoms with E-state index >= 15 is 0 Å². The number of rotatable bonds is 4. The Bertz CT molecular complexity index is 869. The van der Waals surface area contributed by atoms with Crippen LogP contribution in [0.4, 0.5) is 8.78 Å². The van der Waals surface area contributed by atoms with Gasteiger partial charge in [-0.2, -0.15) is 4.31 Å². The molecule has 0 radical (unpaired) electrons. The normalized spacial score (nSPS) is 16.9. The Morgan fingerprint density at radius 1 is 1.08 bits per heavy atom. The highest BCUT2D eigenvalue weighted by molar-refractivity contribution is 7.89. The van der Waals surface area contributed by atoms with E-state index in [1.165, 1.54) is 27.4 Å². The highest BCUT2D eigenvalue weighted by Gasteiger charge is 2.30. The molecule has 8 heteroatoms. The quantitative estimate of drug-likeness (QED) is 0.867. The van der Waals surface area contributed by atoms with Crippen molar-refractivity contribution in [1.29, 1.82) is 0 Å². The van der Waals surface area contributed by atoms with E-state index in [0.29, 0.717) is 32.7 Å². The summed E-state index contributed by atoms with van der Waals surface area (Å²) in [6.07, 6.45) is 0. The molecule has 4 nitrogen and oxygen atoms in total. The molecule has 0 saturated carbocycles. The van der Waals surface area contributed by atoms with Crippen LogP contribution in [-0.4, -0.2) is 38.9 Å². The summed E-state index contributed by atoms with van der Waals surface area (Å²) >= 11 is 5.69. The molecule has 0 aromatic heterocycles. The molecule has 2 aromatic rings. The van der Waals surface area contributed by atoms with Gasteiger partial charge in [0.25, 0.3) is 0 Å². The third-order valence-corrected chi connectivity index (χ3v) is 6.49. The molecular formula is C17H18ClF2N2O2S+. The van der Waals surface area contributed by atoms with Gasteiger partial charge < -0.3 is 4.90 Å². The zero-order valence-corrected chi connectivity index (χ0v) is 15.0. The molecule has 1 aliphatic rings. The molecule has 1 aliphatic heterocycles.